The molecule has 3 rings (SSSR count). The number of fused-ring (bicyclic) bond motifs is 1. The lowest BCUT2D eigenvalue weighted by Gasteiger charge is -2.09. The van der Waals surface area contributed by atoms with E-state index >= 15 is 0 Å². The van der Waals surface area contributed by atoms with Crippen molar-refractivity contribution in [2.45, 2.75) is 6.18 Å². The summed E-state index contributed by atoms with van der Waals surface area (Å²) in [4.78, 5) is 12.3. The summed E-state index contributed by atoms with van der Waals surface area (Å²) in [6, 6.07) is 7.41. The number of rotatable bonds is 5. The molecule has 7 heteroatoms. The number of carbonyl (C=O) groups is 1. The van der Waals surface area contributed by atoms with Crippen LogP contribution in [0.2, 0.25) is 0 Å². The molecule has 1 heterocycles. The molecule has 1 aromatic heterocycles. The van der Waals surface area contributed by atoms with Gasteiger partial charge >= 0.3 is 6.18 Å². The minimum Gasteiger partial charge on any atom is -0.495 e. The highest BCUT2D eigenvalue weighted by Crippen LogP contribution is 2.38. The third kappa shape index (κ3) is 3.67. The Kier molecular flexibility index (Phi) is 4.94. The van der Waals surface area contributed by atoms with E-state index in [9.17, 15) is 18.0 Å². The van der Waals surface area contributed by atoms with E-state index in [-0.39, 0.29) is 5.56 Å². The number of benzene rings is 2. The summed E-state index contributed by atoms with van der Waals surface area (Å²) in [6.45, 7) is 0. The molecule has 0 aliphatic rings. The van der Waals surface area contributed by atoms with E-state index in [4.69, 9.17) is 13.9 Å². The van der Waals surface area contributed by atoms with Crippen molar-refractivity contribution < 1.29 is 31.9 Å². The minimum absolute atomic E-state index is 0.148. The maximum Gasteiger partial charge on any atom is 0.416 e. The number of carbonyl (C=O) groups excluding carboxylic acids is 1. The maximum atomic E-state index is 12.6. The van der Waals surface area contributed by atoms with Crippen molar-refractivity contribution in [3.8, 4) is 11.5 Å². The number of ketones is 1. The number of allylic oxidation sites excluding steroid dienone is 1. The van der Waals surface area contributed by atoms with E-state index < -0.39 is 17.5 Å². The number of alkyl halides is 3. The molecule has 0 radical (unpaired) electrons. The average molecular weight is 376 g/mol. The van der Waals surface area contributed by atoms with Crippen LogP contribution in [-0.4, -0.2) is 20.0 Å². The Labute approximate surface area is 152 Å². The molecular formula is C20H15F3O4. The lowest BCUT2D eigenvalue weighted by Crippen LogP contribution is -2.05. The van der Waals surface area contributed by atoms with Crippen LogP contribution in [0.15, 0.2) is 53.2 Å². The first kappa shape index (κ1) is 18.6. The number of methoxy groups -OCH3 is 2. The van der Waals surface area contributed by atoms with Crippen LogP contribution >= 0.6 is 0 Å². The Morgan fingerprint density at radius 2 is 1.78 bits per heavy atom. The highest BCUT2D eigenvalue weighted by molar-refractivity contribution is 6.07. The third-order valence-corrected chi connectivity index (χ3v) is 4.02. The van der Waals surface area contributed by atoms with Gasteiger partial charge in [0.05, 0.1) is 31.4 Å². The molecule has 0 bridgehead atoms. The zero-order valence-electron chi connectivity index (χ0n) is 14.5. The summed E-state index contributed by atoms with van der Waals surface area (Å²) in [7, 11) is 2.98. The minimum atomic E-state index is -4.44. The van der Waals surface area contributed by atoms with Gasteiger partial charge in [0.15, 0.2) is 17.1 Å². The Morgan fingerprint density at radius 3 is 2.37 bits per heavy atom. The second-order valence-electron chi connectivity index (χ2n) is 5.64. The molecule has 140 valence electrons. The molecule has 0 amide bonds. The monoisotopic (exact) mass is 376 g/mol. The second-order valence-corrected chi connectivity index (χ2v) is 5.64. The Bertz CT molecular complexity index is 998. The van der Waals surface area contributed by atoms with Gasteiger partial charge < -0.3 is 13.9 Å². The number of hydrogen-bond acceptors (Lipinski definition) is 4. The molecule has 0 fully saturated rings. The van der Waals surface area contributed by atoms with E-state index in [0.717, 1.165) is 24.3 Å². The van der Waals surface area contributed by atoms with E-state index in [0.29, 0.717) is 28.0 Å². The number of ether oxygens (including phenoxy) is 2. The predicted octanol–water partition coefficient (Wildman–Crippen LogP) is 5.36. The molecule has 2 aromatic carbocycles. The van der Waals surface area contributed by atoms with Crippen molar-refractivity contribution in [1.29, 1.82) is 0 Å². The Balaban J connectivity index is 1.92. The van der Waals surface area contributed by atoms with Crippen molar-refractivity contribution in [1.82, 2.24) is 0 Å². The standard InChI is InChI=1S/C20H15F3O4/c1-25-17-11-13(18(26-2)15-9-10-27-19(15)17)5-8-16(24)12-3-6-14(7-4-12)20(21,22)23/h3-11H,1-2H3/b8-5+. The molecule has 27 heavy (non-hydrogen) atoms. The zero-order valence-corrected chi connectivity index (χ0v) is 14.5. The molecule has 0 N–H and O–H groups in total. The van der Waals surface area contributed by atoms with Crippen LogP contribution in [0.4, 0.5) is 13.2 Å². The van der Waals surface area contributed by atoms with Crippen LogP contribution in [0.25, 0.3) is 17.0 Å². The number of furan rings is 1. The fraction of sp³-hybridized carbons (Fsp3) is 0.150. The van der Waals surface area contributed by atoms with Crippen LogP contribution in [0, 0.1) is 0 Å². The predicted molar refractivity (Wildman–Crippen MR) is 94.1 cm³/mol. The molecular weight excluding hydrogens is 361 g/mol. The van der Waals surface area contributed by atoms with E-state index in [2.05, 4.69) is 0 Å². The molecule has 0 atom stereocenters. The molecule has 3 aromatic rings. The van der Waals surface area contributed by atoms with Gasteiger partial charge in [-0.1, -0.05) is 12.1 Å². The van der Waals surface area contributed by atoms with Gasteiger partial charge in [0.1, 0.15) is 5.75 Å². The van der Waals surface area contributed by atoms with Crippen LogP contribution in [0.5, 0.6) is 11.5 Å². The molecule has 4 nitrogen and oxygen atoms in total. The van der Waals surface area contributed by atoms with Crippen molar-refractivity contribution in [2.75, 3.05) is 14.2 Å². The molecule has 0 saturated heterocycles. The van der Waals surface area contributed by atoms with Crippen molar-refractivity contribution in [3.63, 3.8) is 0 Å². The summed E-state index contributed by atoms with van der Waals surface area (Å²) in [5, 5.41) is 0.679. The van der Waals surface area contributed by atoms with Crippen LogP contribution in [0.3, 0.4) is 0 Å². The Morgan fingerprint density at radius 1 is 1.07 bits per heavy atom. The van der Waals surface area contributed by atoms with Crippen LogP contribution in [-0.2, 0) is 6.18 Å². The lowest BCUT2D eigenvalue weighted by molar-refractivity contribution is -0.137. The van der Waals surface area contributed by atoms with Gasteiger partial charge in [0.2, 0.25) is 0 Å². The topological polar surface area (TPSA) is 48.7 Å². The van der Waals surface area contributed by atoms with Gasteiger partial charge in [-0.15, -0.1) is 0 Å². The second kappa shape index (κ2) is 7.19. The number of halogens is 3. The normalized spacial score (nSPS) is 11.9. The average Bonchev–Trinajstić information content (AvgIpc) is 3.14. The van der Waals surface area contributed by atoms with Gasteiger partial charge in [-0.3, -0.25) is 4.79 Å². The van der Waals surface area contributed by atoms with E-state index in [1.54, 1.807) is 12.1 Å². The molecule has 0 unspecified atom stereocenters. The van der Waals surface area contributed by atoms with Crippen molar-refractivity contribution in [3.05, 3.63) is 65.4 Å². The van der Waals surface area contributed by atoms with Gasteiger partial charge in [0.25, 0.3) is 0 Å². The van der Waals surface area contributed by atoms with Crippen LogP contribution in [0.1, 0.15) is 21.5 Å². The van der Waals surface area contributed by atoms with Crippen molar-refractivity contribution in [2.24, 2.45) is 0 Å². The summed E-state index contributed by atoms with van der Waals surface area (Å²) >= 11 is 0. The quantitative estimate of drug-likeness (QED) is 0.444. The van der Waals surface area contributed by atoms with Gasteiger partial charge in [0, 0.05) is 11.1 Å². The van der Waals surface area contributed by atoms with Gasteiger partial charge in [-0.05, 0) is 36.4 Å². The third-order valence-electron chi connectivity index (χ3n) is 4.02. The highest BCUT2D eigenvalue weighted by atomic mass is 19.4. The smallest absolute Gasteiger partial charge is 0.416 e. The summed E-state index contributed by atoms with van der Waals surface area (Å²) < 4.78 is 53.9. The fourth-order valence-electron chi connectivity index (χ4n) is 2.70. The zero-order chi connectivity index (χ0) is 19.6. The Hall–Kier alpha value is -3.22. The number of hydrogen-bond donors (Lipinski definition) is 0. The summed E-state index contributed by atoms with van der Waals surface area (Å²) in [5.74, 6) is 0.533. The van der Waals surface area contributed by atoms with E-state index in [1.165, 1.54) is 32.6 Å². The summed E-state index contributed by atoms with van der Waals surface area (Å²) in [6.07, 6.45) is -0.155. The highest BCUT2D eigenvalue weighted by Gasteiger charge is 2.30. The van der Waals surface area contributed by atoms with Crippen molar-refractivity contribution >= 4 is 22.8 Å². The summed E-state index contributed by atoms with van der Waals surface area (Å²) in [5.41, 5.74) is 0.429. The molecule has 0 aliphatic carbocycles. The van der Waals surface area contributed by atoms with E-state index in [1.807, 2.05) is 0 Å². The fourth-order valence-corrected chi connectivity index (χ4v) is 2.70. The largest absolute Gasteiger partial charge is 0.495 e. The molecule has 0 aliphatic heterocycles. The molecule has 0 spiro atoms. The van der Waals surface area contributed by atoms with Gasteiger partial charge in [-0.2, -0.15) is 13.2 Å². The van der Waals surface area contributed by atoms with Crippen LogP contribution < -0.4 is 9.47 Å². The first-order chi connectivity index (χ1) is 12.8. The lowest BCUT2D eigenvalue weighted by atomic mass is 10.1. The first-order valence-corrected chi connectivity index (χ1v) is 7.87. The SMILES string of the molecule is COc1c(/C=C/C(=O)c2ccc(C(F)(F)F)cc2)cc(OC)c2occc12. The van der Waals surface area contributed by atoms with Gasteiger partial charge in [-0.25, -0.2) is 0 Å². The maximum absolute atomic E-state index is 12.6. The first-order valence-electron chi connectivity index (χ1n) is 7.87. The molecule has 0 saturated carbocycles.